The molecule has 0 spiro atoms. The van der Waals surface area contributed by atoms with Crippen LogP contribution in [0.4, 0.5) is 13.2 Å². The van der Waals surface area contributed by atoms with Crippen LogP contribution < -0.4 is 5.43 Å². The third kappa shape index (κ3) is 5.88. The van der Waals surface area contributed by atoms with Gasteiger partial charge in [-0.3, -0.25) is 4.79 Å². The largest absolute Gasteiger partial charge is 0.456 e. The number of alkyl halides is 2. The van der Waals surface area contributed by atoms with Gasteiger partial charge in [-0.2, -0.15) is 5.10 Å². The van der Waals surface area contributed by atoms with Crippen molar-refractivity contribution in [3.8, 4) is 0 Å². The molecule has 1 atom stereocenters. The molecule has 0 radical (unpaired) electrons. The second kappa shape index (κ2) is 10.0. The van der Waals surface area contributed by atoms with Gasteiger partial charge in [0.15, 0.2) is 6.61 Å². The molecule has 1 heterocycles. The Morgan fingerprint density at radius 1 is 1.24 bits per heavy atom. The Hall–Kier alpha value is -3.42. The molecule has 3 rings (SSSR count). The summed E-state index contributed by atoms with van der Waals surface area (Å²) < 4.78 is 48.4. The Balaban J connectivity index is 1.63. The normalized spacial score (nSPS) is 16.1. The number of esters is 1. The first-order valence-electron chi connectivity index (χ1n) is 10.5. The summed E-state index contributed by atoms with van der Waals surface area (Å²) in [5, 5.41) is 3.98. The van der Waals surface area contributed by atoms with E-state index < -0.39 is 30.7 Å². The number of allylic oxidation sites excluding steroid dienone is 1. The topological polar surface area (TPSA) is 67.8 Å². The molecule has 1 unspecified atom stereocenters. The number of rotatable bonds is 8. The summed E-state index contributed by atoms with van der Waals surface area (Å²) in [6.07, 6.45) is -0.509. The van der Waals surface area contributed by atoms with Gasteiger partial charge in [0.25, 0.3) is 5.92 Å². The summed E-state index contributed by atoms with van der Waals surface area (Å²) >= 11 is 0. The molecule has 33 heavy (non-hydrogen) atoms. The van der Waals surface area contributed by atoms with Gasteiger partial charge in [0.2, 0.25) is 5.91 Å². The molecule has 2 aromatic carbocycles. The minimum absolute atomic E-state index is 0.108. The summed E-state index contributed by atoms with van der Waals surface area (Å²) in [4.78, 5) is 23.3. The molecule has 0 bridgehead atoms. The first kappa shape index (κ1) is 24.2. The molecule has 5 nitrogen and oxygen atoms in total. The fraction of sp³-hybridized carbons (Fsp3) is 0.320. The zero-order valence-corrected chi connectivity index (χ0v) is 18.5. The number of hydrogen-bond donors (Lipinski definition) is 1. The summed E-state index contributed by atoms with van der Waals surface area (Å²) in [5.74, 6) is -5.09. The zero-order chi connectivity index (χ0) is 24.2. The SMILES string of the molecule is C=C(CCC(F)(F)COC(=O)c1ccccc1)c1ccc(C2=NNC(=O)CC2C)c(F)c1C. The first-order chi connectivity index (χ1) is 15.6. The molecule has 0 aliphatic carbocycles. The molecule has 0 saturated heterocycles. The summed E-state index contributed by atoms with van der Waals surface area (Å²) in [7, 11) is 0. The third-order valence-corrected chi connectivity index (χ3v) is 5.52. The number of carbonyl (C=O) groups excluding carboxylic acids is 2. The third-order valence-electron chi connectivity index (χ3n) is 5.52. The van der Waals surface area contributed by atoms with Crippen LogP contribution in [-0.4, -0.2) is 30.1 Å². The monoisotopic (exact) mass is 458 g/mol. The lowest BCUT2D eigenvalue weighted by Crippen LogP contribution is -2.32. The van der Waals surface area contributed by atoms with E-state index in [0.29, 0.717) is 16.8 Å². The molecule has 8 heteroatoms. The zero-order valence-electron chi connectivity index (χ0n) is 18.5. The molecule has 1 aliphatic rings. The van der Waals surface area contributed by atoms with Gasteiger partial charge in [0, 0.05) is 24.3 Å². The molecule has 174 valence electrons. The Morgan fingerprint density at radius 3 is 2.61 bits per heavy atom. The van der Waals surface area contributed by atoms with Gasteiger partial charge in [-0.25, -0.2) is 23.4 Å². The first-order valence-corrected chi connectivity index (χ1v) is 10.5. The van der Waals surface area contributed by atoms with Gasteiger partial charge in [0.05, 0.1) is 11.3 Å². The molecule has 0 aromatic heterocycles. The van der Waals surface area contributed by atoms with Crippen molar-refractivity contribution >= 4 is 23.2 Å². The van der Waals surface area contributed by atoms with Crippen molar-refractivity contribution in [2.24, 2.45) is 11.0 Å². The fourth-order valence-corrected chi connectivity index (χ4v) is 3.61. The van der Waals surface area contributed by atoms with Gasteiger partial charge in [-0.05, 0) is 48.2 Å². The maximum absolute atomic E-state index is 15.1. The smallest absolute Gasteiger partial charge is 0.338 e. The molecule has 0 saturated carbocycles. The highest BCUT2D eigenvalue weighted by atomic mass is 19.3. The van der Waals surface area contributed by atoms with E-state index in [4.69, 9.17) is 4.74 Å². The lowest BCUT2D eigenvalue weighted by molar-refractivity contribution is -0.121. The number of halogens is 3. The molecular weight excluding hydrogens is 433 g/mol. The number of hydrogen-bond acceptors (Lipinski definition) is 4. The molecule has 1 N–H and O–H groups in total. The summed E-state index contributed by atoms with van der Waals surface area (Å²) in [6.45, 7) is 6.12. The number of benzene rings is 2. The highest BCUT2D eigenvalue weighted by Gasteiger charge is 2.31. The van der Waals surface area contributed by atoms with E-state index in [1.165, 1.54) is 18.2 Å². The second-order valence-electron chi connectivity index (χ2n) is 8.14. The van der Waals surface area contributed by atoms with Crippen LogP contribution in [0, 0.1) is 18.7 Å². The highest BCUT2D eigenvalue weighted by Crippen LogP contribution is 2.31. The van der Waals surface area contributed by atoms with Crippen molar-refractivity contribution in [3.05, 3.63) is 77.1 Å². The molecule has 2 aromatic rings. The minimum atomic E-state index is -3.26. The van der Waals surface area contributed by atoms with E-state index in [1.54, 1.807) is 38.1 Å². The molecule has 0 fully saturated rings. The van der Waals surface area contributed by atoms with Crippen LogP contribution in [0.1, 0.15) is 53.2 Å². The molecular formula is C25H25F3N2O3. The Morgan fingerprint density at radius 2 is 1.94 bits per heavy atom. The van der Waals surface area contributed by atoms with E-state index in [1.807, 2.05) is 0 Å². The van der Waals surface area contributed by atoms with Crippen molar-refractivity contribution in [2.45, 2.75) is 39.0 Å². The maximum atomic E-state index is 15.1. The Bertz CT molecular complexity index is 1100. The second-order valence-corrected chi connectivity index (χ2v) is 8.14. The summed E-state index contributed by atoms with van der Waals surface area (Å²) in [5.41, 5.74) is 4.29. The van der Waals surface area contributed by atoms with Gasteiger partial charge in [0.1, 0.15) is 5.82 Å². The van der Waals surface area contributed by atoms with Crippen molar-refractivity contribution in [1.29, 1.82) is 0 Å². The Kier molecular flexibility index (Phi) is 7.36. The van der Waals surface area contributed by atoms with E-state index >= 15 is 4.39 Å². The minimum Gasteiger partial charge on any atom is -0.456 e. The average molecular weight is 458 g/mol. The number of hydrazone groups is 1. The van der Waals surface area contributed by atoms with Gasteiger partial charge < -0.3 is 4.74 Å². The number of ether oxygens (including phenoxy) is 1. The van der Waals surface area contributed by atoms with Crippen molar-refractivity contribution < 1.29 is 27.5 Å². The van der Waals surface area contributed by atoms with E-state index in [-0.39, 0.29) is 41.4 Å². The quantitative estimate of drug-likeness (QED) is 0.548. The van der Waals surface area contributed by atoms with E-state index in [9.17, 15) is 18.4 Å². The average Bonchev–Trinajstić information content (AvgIpc) is 2.79. The van der Waals surface area contributed by atoms with E-state index in [0.717, 1.165) is 0 Å². The van der Waals surface area contributed by atoms with Crippen LogP contribution in [0.5, 0.6) is 0 Å². The van der Waals surface area contributed by atoms with Crippen LogP contribution in [0.2, 0.25) is 0 Å². The standard InChI is InChI=1S/C25H25F3N2O3/c1-15(11-12-25(27,28)14-33-24(32)18-7-5-4-6-8-18)19-9-10-20(22(26)17(19)3)23-16(2)13-21(31)29-30-23/h4-10,16H,1,11-14H2,2-3H3,(H,29,31). The van der Waals surface area contributed by atoms with Gasteiger partial charge >= 0.3 is 5.97 Å². The van der Waals surface area contributed by atoms with Crippen molar-refractivity contribution in [1.82, 2.24) is 5.43 Å². The molecule has 1 aliphatic heterocycles. The maximum Gasteiger partial charge on any atom is 0.338 e. The lowest BCUT2D eigenvalue weighted by atomic mass is 9.89. The van der Waals surface area contributed by atoms with Crippen molar-refractivity contribution in [2.75, 3.05) is 6.61 Å². The summed E-state index contributed by atoms with van der Waals surface area (Å²) in [6, 6.07) is 11.0. The van der Waals surface area contributed by atoms with Crippen LogP contribution in [-0.2, 0) is 9.53 Å². The predicted molar refractivity (Wildman–Crippen MR) is 120 cm³/mol. The van der Waals surface area contributed by atoms with Crippen LogP contribution in [0.3, 0.4) is 0 Å². The number of nitrogens with one attached hydrogen (secondary N) is 1. The molecule has 1 amide bonds. The number of amides is 1. The fourth-order valence-electron chi connectivity index (χ4n) is 3.61. The van der Waals surface area contributed by atoms with Crippen LogP contribution in [0.25, 0.3) is 5.57 Å². The number of nitrogens with zero attached hydrogens (tertiary/aromatic N) is 1. The predicted octanol–water partition coefficient (Wildman–Crippen LogP) is 5.28. The van der Waals surface area contributed by atoms with Gasteiger partial charge in [-0.15, -0.1) is 0 Å². The number of carbonyl (C=O) groups is 2. The van der Waals surface area contributed by atoms with Crippen molar-refractivity contribution in [3.63, 3.8) is 0 Å². The highest BCUT2D eigenvalue weighted by molar-refractivity contribution is 6.06. The van der Waals surface area contributed by atoms with Crippen LogP contribution in [0.15, 0.2) is 54.1 Å². The van der Waals surface area contributed by atoms with Crippen LogP contribution >= 0.6 is 0 Å². The van der Waals surface area contributed by atoms with Gasteiger partial charge in [-0.1, -0.05) is 37.8 Å². The Labute approximate surface area is 190 Å². The lowest BCUT2D eigenvalue weighted by Gasteiger charge is -2.21. The van der Waals surface area contributed by atoms with E-state index in [2.05, 4.69) is 17.1 Å².